The van der Waals surface area contributed by atoms with Crippen LogP contribution < -0.4 is 0 Å². The Bertz CT molecular complexity index is 1890. The largest absolute Gasteiger partial charge is 0.460 e. The molecule has 15 heteroatoms. The predicted octanol–water partition coefficient (Wildman–Crippen LogP) is 6.87. The first-order chi connectivity index (χ1) is 31.2. The van der Waals surface area contributed by atoms with Gasteiger partial charge in [0.15, 0.2) is 11.4 Å². The highest BCUT2D eigenvalue weighted by atomic mass is 31.1. The van der Waals surface area contributed by atoms with Gasteiger partial charge in [-0.1, -0.05) is 68.7 Å². The summed E-state index contributed by atoms with van der Waals surface area (Å²) in [5.74, 6) is -8.42. The van der Waals surface area contributed by atoms with Crippen molar-refractivity contribution in [2.75, 3.05) is 34.5 Å². The fraction of sp³-hybridized carbons (Fsp3) is 0.745. The maximum Gasteiger partial charge on any atom is 0.341 e. The molecule has 0 spiro atoms. The molecule has 0 aromatic carbocycles. The van der Waals surface area contributed by atoms with E-state index in [0.29, 0.717) is 63.4 Å². The molecule has 5 rings (SSSR count). The highest BCUT2D eigenvalue weighted by Crippen LogP contribution is 2.47. The quantitative estimate of drug-likeness (QED) is 0.122. The van der Waals surface area contributed by atoms with Crippen molar-refractivity contribution in [1.29, 1.82) is 0 Å². The highest BCUT2D eigenvalue weighted by molar-refractivity contribution is 7.44. The van der Waals surface area contributed by atoms with Gasteiger partial charge in [-0.25, -0.2) is 4.79 Å². The van der Waals surface area contributed by atoms with Crippen molar-refractivity contribution in [1.82, 2.24) is 4.90 Å². The van der Waals surface area contributed by atoms with Crippen LogP contribution in [-0.4, -0.2) is 133 Å². The highest BCUT2D eigenvalue weighted by Gasteiger charge is 2.57. The summed E-state index contributed by atoms with van der Waals surface area (Å²) < 4.78 is 42.4. The Morgan fingerprint density at radius 1 is 0.879 bits per heavy atom. The molecule has 0 radical (unpaired) electrons. The van der Waals surface area contributed by atoms with E-state index < -0.39 is 91.5 Å². The van der Waals surface area contributed by atoms with Crippen LogP contribution in [0.5, 0.6) is 0 Å². The van der Waals surface area contributed by atoms with Gasteiger partial charge in [-0.2, -0.15) is 0 Å². The van der Waals surface area contributed by atoms with E-state index in [-0.39, 0.29) is 54.0 Å². The summed E-state index contributed by atoms with van der Waals surface area (Å²) in [7, 11) is 3.10. The Kier molecular flexibility index (Phi) is 19.4. The fourth-order valence-corrected chi connectivity index (χ4v) is 12.6. The number of Topliss-reactive ketones (excluding diaryl/α,β-unsaturated/α-hetero) is 3. The van der Waals surface area contributed by atoms with Crippen LogP contribution in [0.3, 0.4) is 0 Å². The van der Waals surface area contributed by atoms with Crippen LogP contribution in [0.1, 0.15) is 112 Å². The Morgan fingerprint density at radius 2 is 1.61 bits per heavy atom. The number of allylic oxidation sites excluding steroid dienone is 6. The van der Waals surface area contributed by atoms with Gasteiger partial charge in [0.05, 0.1) is 12.2 Å². The van der Waals surface area contributed by atoms with Crippen molar-refractivity contribution in [3.05, 3.63) is 47.6 Å². The zero-order chi connectivity index (χ0) is 48.6. The zero-order valence-electron chi connectivity index (χ0n) is 40.9. The number of hydrogen-bond donors (Lipinski definition) is 2. The van der Waals surface area contributed by atoms with Crippen LogP contribution in [0.25, 0.3) is 0 Å². The third-order valence-corrected chi connectivity index (χ3v) is 16.9. The number of carbonyl (C=O) groups excluding carboxylic acids is 5. The first-order valence-corrected chi connectivity index (χ1v) is 25.9. The van der Waals surface area contributed by atoms with Crippen molar-refractivity contribution in [2.45, 2.75) is 166 Å². The molecule has 368 valence electrons. The molecule has 3 saturated heterocycles. The molecular formula is C51H77NO13P+. The number of esters is 1. The molecule has 17 atom stereocenters. The molecule has 4 bridgehead atoms. The second kappa shape index (κ2) is 23.9. The zero-order valence-corrected chi connectivity index (χ0v) is 41.8. The normalized spacial score (nSPS) is 42.4. The predicted molar refractivity (Wildman–Crippen MR) is 250 cm³/mol. The van der Waals surface area contributed by atoms with Crippen LogP contribution in [0, 0.1) is 41.4 Å². The fourth-order valence-electron chi connectivity index (χ4n) is 11.3. The van der Waals surface area contributed by atoms with Crippen LogP contribution >= 0.6 is 7.80 Å². The third-order valence-electron chi connectivity index (χ3n) is 15.4. The Hall–Kier alpha value is -3.23. The summed E-state index contributed by atoms with van der Waals surface area (Å²) in [6.07, 6.45) is 11.9. The van der Waals surface area contributed by atoms with Gasteiger partial charge in [0.2, 0.25) is 5.79 Å². The van der Waals surface area contributed by atoms with Crippen LogP contribution in [0.2, 0.25) is 0 Å². The second-order valence-electron chi connectivity index (χ2n) is 20.1. The SMILES string of the molecule is COC1CC(CC2[C@H]3CCCN4C(=O)C(=O)C5(O)O[C@@H](CCC5C)C[C@H](OC)/C(C)=C/C=C/C=C/[C@@H](C)CC(C)C(=O)[C@H](OC)C(O)/C(C)=C/C(C)C(=O)C[C@@H]2OC(=O)C34)CCC1[P+](C)=O. The summed E-state index contributed by atoms with van der Waals surface area (Å²) >= 11 is 0. The Balaban J connectivity index is 1.51. The van der Waals surface area contributed by atoms with E-state index in [1.54, 1.807) is 47.7 Å². The lowest BCUT2D eigenvalue weighted by Crippen LogP contribution is -2.65. The number of piperidine rings is 1. The first-order valence-electron chi connectivity index (χ1n) is 24.1. The molecule has 0 aromatic heterocycles. The van der Waals surface area contributed by atoms with Gasteiger partial charge in [0, 0.05) is 64.4 Å². The van der Waals surface area contributed by atoms with Crippen LogP contribution in [0.15, 0.2) is 47.6 Å². The third kappa shape index (κ3) is 12.5. The first kappa shape index (κ1) is 53.7. The number of nitrogens with zero attached hydrogens (tertiary/aromatic N) is 1. The van der Waals surface area contributed by atoms with E-state index in [0.717, 1.165) is 12.0 Å². The second-order valence-corrected chi connectivity index (χ2v) is 21.8. The Labute approximate surface area is 393 Å². The average Bonchev–Trinajstić information content (AvgIpc) is 3.29. The molecule has 14 nitrogen and oxygen atoms in total. The minimum Gasteiger partial charge on any atom is -0.460 e. The van der Waals surface area contributed by atoms with Crippen LogP contribution in [0.4, 0.5) is 0 Å². The van der Waals surface area contributed by atoms with Crippen molar-refractivity contribution >= 4 is 37.0 Å². The molecule has 5 aliphatic rings. The van der Waals surface area contributed by atoms with Crippen molar-refractivity contribution in [2.24, 2.45) is 41.4 Å². The molecule has 11 unspecified atom stereocenters. The van der Waals surface area contributed by atoms with Gasteiger partial charge in [0.1, 0.15) is 42.9 Å². The molecule has 0 aromatic rings. The summed E-state index contributed by atoms with van der Waals surface area (Å²) in [6, 6.07) is -1.13. The summed E-state index contributed by atoms with van der Waals surface area (Å²) in [5.41, 5.74) is 1.19. The Morgan fingerprint density at radius 3 is 2.27 bits per heavy atom. The van der Waals surface area contributed by atoms with E-state index in [9.17, 15) is 38.8 Å². The van der Waals surface area contributed by atoms with Gasteiger partial charge < -0.3 is 38.8 Å². The maximum atomic E-state index is 14.5. The number of ether oxygens (including phenoxy) is 5. The van der Waals surface area contributed by atoms with Crippen molar-refractivity contribution in [3.63, 3.8) is 0 Å². The number of carbonyl (C=O) groups is 5. The minimum absolute atomic E-state index is 0.0209. The number of fused-ring (bicyclic) bond motifs is 4. The van der Waals surface area contributed by atoms with E-state index >= 15 is 0 Å². The molecule has 1 aliphatic carbocycles. The molecule has 4 heterocycles. The lowest BCUT2D eigenvalue weighted by molar-refractivity contribution is -0.266. The van der Waals surface area contributed by atoms with Gasteiger partial charge in [-0.3, -0.25) is 19.2 Å². The van der Waals surface area contributed by atoms with E-state index in [4.69, 9.17) is 23.7 Å². The average molecular weight is 943 g/mol. The molecule has 2 N–H and O–H groups in total. The number of amides is 1. The maximum absolute atomic E-state index is 14.5. The number of rotatable bonds is 6. The lowest BCUT2D eigenvalue weighted by atomic mass is 9.68. The molecule has 1 amide bonds. The molecule has 4 aliphatic heterocycles. The number of hydrogen-bond acceptors (Lipinski definition) is 13. The van der Waals surface area contributed by atoms with E-state index in [2.05, 4.69) is 0 Å². The summed E-state index contributed by atoms with van der Waals surface area (Å²) in [5, 5.41) is 23.5. The topological polar surface area (TPSA) is 192 Å². The lowest BCUT2D eigenvalue weighted by Gasteiger charge is -2.50. The summed E-state index contributed by atoms with van der Waals surface area (Å²) in [4.78, 5) is 72.4. The molecule has 1 saturated carbocycles. The number of ketones is 3. The minimum atomic E-state index is -2.44. The van der Waals surface area contributed by atoms with Gasteiger partial charge in [-0.05, 0) is 101 Å². The van der Waals surface area contributed by atoms with Gasteiger partial charge in [-0.15, -0.1) is 0 Å². The standard InChI is InChI=1S/C51H77NO13P/c1-29-15-12-11-13-16-30(2)40(61-7)27-36-20-18-34(6)51(59,65-36)48(56)49(57)52-22-14-17-37-38(25-35-19-21-43(66(10)60)42(26-35)62-8)41(64-50(58)44(37)52)28-39(53)31(3)24-33(5)46(55)47(63-9)45(54)32(4)23-29/h11-13,15-16,24,29,31-32,34-38,40-44,46-47,55,59H,14,17-23,25-28H2,1-10H3/q+1/b13-11+,15-12+,30-16+,33-24+/t29-,31?,32?,34?,35?,36+,37-,38?,40+,41+,42?,43?,44?,46?,47+,51?/m1/s1. The number of aliphatic hydroxyl groups excluding tert-OH is 1. The van der Waals surface area contributed by atoms with E-state index in [1.807, 2.05) is 51.2 Å². The molecule has 4 fully saturated rings. The van der Waals surface area contributed by atoms with Crippen molar-refractivity contribution < 1.29 is 62.4 Å². The van der Waals surface area contributed by atoms with Gasteiger partial charge in [0.25, 0.3) is 11.7 Å². The van der Waals surface area contributed by atoms with Crippen molar-refractivity contribution in [3.8, 4) is 0 Å². The monoisotopic (exact) mass is 943 g/mol. The van der Waals surface area contributed by atoms with Gasteiger partial charge >= 0.3 is 13.8 Å². The number of methoxy groups -OCH3 is 3. The number of aliphatic hydroxyl groups is 2. The molecular weight excluding hydrogens is 866 g/mol. The summed E-state index contributed by atoms with van der Waals surface area (Å²) in [6.45, 7) is 12.6. The smallest absolute Gasteiger partial charge is 0.341 e. The van der Waals surface area contributed by atoms with E-state index in [1.165, 1.54) is 12.0 Å². The van der Waals surface area contributed by atoms with Crippen LogP contribution in [-0.2, 0) is 52.2 Å². The molecule has 66 heavy (non-hydrogen) atoms.